The summed E-state index contributed by atoms with van der Waals surface area (Å²) in [5.41, 5.74) is 7.76. The molecule has 2 unspecified atom stereocenters. The van der Waals surface area contributed by atoms with E-state index in [1.807, 2.05) is 27.7 Å². The molecule has 1 aromatic rings. The first-order chi connectivity index (χ1) is 9.92. The monoisotopic (exact) mass is 294 g/mol. The summed E-state index contributed by atoms with van der Waals surface area (Å²) in [4.78, 5) is 0. The molecule has 0 bridgehead atoms. The second kappa shape index (κ2) is 6.26. The average molecular weight is 294 g/mol. The molecule has 1 saturated heterocycles. The van der Waals surface area contributed by atoms with Gasteiger partial charge in [-0.2, -0.15) is 5.10 Å². The van der Waals surface area contributed by atoms with Gasteiger partial charge in [0.05, 0.1) is 23.5 Å². The van der Waals surface area contributed by atoms with E-state index in [0.717, 1.165) is 24.1 Å². The first kappa shape index (κ1) is 15.5. The van der Waals surface area contributed by atoms with Crippen molar-refractivity contribution in [1.29, 1.82) is 0 Å². The highest BCUT2D eigenvalue weighted by Crippen LogP contribution is 2.26. The quantitative estimate of drug-likeness (QED) is 0.379. The van der Waals surface area contributed by atoms with Crippen LogP contribution >= 0.6 is 0 Å². The van der Waals surface area contributed by atoms with E-state index >= 15 is 0 Å². The lowest BCUT2D eigenvalue weighted by atomic mass is 10.0. The smallest absolute Gasteiger partial charge is 0.245 e. The molecule has 21 heavy (non-hydrogen) atoms. The van der Waals surface area contributed by atoms with Crippen LogP contribution in [0, 0.1) is 13.8 Å². The fourth-order valence-electron chi connectivity index (χ4n) is 2.62. The fraction of sp³-hybridized carbons (Fsp3) is 0.643. The standard InChI is InChI=1S/C14H22N4O3/c1-7-5-11(6-8(2)20-7)21-14-12(13(15)18-19)9(3)10(4)16-17-14/h7-8,11,19H,5-6H2,1-4H3,(H2,15,18). The van der Waals surface area contributed by atoms with E-state index in [0.29, 0.717) is 11.4 Å². The van der Waals surface area contributed by atoms with E-state index in [1.165, 1.54) is 0 Å². The lowest BCUT2D eigenvalue weighted by Gasteiger charge is -2.32. The number of ether oxygens (including phenoxy) is 2. The molecule has 2 heterocycles. The first-order valence-electron chi connectivity index (χ1n) is 7.06. The van der Waals surface area contributed by atoms with Crippen LogP contribution in [0.1, 0.15) is 43.5 Å². The minimum atomic E-state index is -0.0228. The molecule has 2 rings (SSSR count). The van der Waals surface area contributed by atoms with Gasteiger partial charge in [-0.1, -0.05) is 5.16 Å². The van der Waals surface area contributed by atoms with Gasteiger partial charge in [0.25, 0.3) is 0 Å². The Morgan fingerprint density at radius 1 is 1.29 bits per heavy atom. The van der Waals surface area contributed by atoms with Gasteiger partial charge >= 0.3 is 0 Å². The Kier molecular flexibility index (Phi) is 4.62. The molecule has 0 saturated carbocycles. The van der Waals surface area contributed by atoms with Crippen LogP contribution < -0.4 is 10.5 Å². The molecular weight excluding hydrogens is 272 g/mol. The minimum absolute atomic E-state index is 0.0198. The number of rotatable bonds is 3. The minimum Gasteiger partial charge on any atom is -0.473 e. The van der Waals surface area contributed by atoms with Gasteiger partial charge in [-0.15, -0.1) is 5.10 Å². The molecule has 0 spiro atoms. The average Bonchev–Trinajstić information content (AvgIpc) is 2.41. The van der Waals surface area contributed by atoms with Gasteiger partial charge in [-0.25, -0.2) is 0 Å². The Morgan fingerprint density at radius 2 is 1.90 bits per heavy atom. The molecule has 1 aromatic heterocycles. The van der Waals surface area contributed by atoms with Gasteiger partial charge in [-0.3, -0.25) is 0 Å². The molecule has 0 radical (unpaired) electrons. The molecule has 1 aliphatic heterocycles. The van der Waals surface area contributed by atoms with Gasteiger partial charge in [0.1, 0.15) is 6.10 Å². The van der Waals surface area contributed by atoms with Crippen LogP contribution in [-0.4, -0.2) is 39.6 Å². The van der Waals surface area contributed by atoms with Gasteiger partial charge < -0.3 is 20.4 Å². The second-order valence-electron chi connectivity index (χ2n) is 5.54. The summed E-state index contributed by atoms with van der Waals surface area (Å²) in [5.74, 6) is 0.286. The Hall–Kier alpha value is -1.89. The van der Waals surface area contributed by atoms with Crippen LogP contribution in [0.25, 0.3) is 0 Å². The van der Waals surface area contributed by atoms with E-state index in [4.69, 9.17) is 20.4 Å². The predicted molar refractivity (Wildman–Crippen MR) is 77.7 cm³/mol. The van der Waals surface area contributed by atoms with Gasteiger partial charge in [0.15, 0.2) is 5.84 Å². The van der Waals surface area contributed by atoms with E-state index in [1.54, 1.807) is 0 Å². The molecule has 116 valence electrons. The van der Waals surface area contributed by atoms with Crippen molar-refractivity contribution in [3.63, 3.8) is 0 Å². The summed E-state index contributed by atoms with van der Waals surface area (Å²) in [7, 11) is 0. The third kappa shape index (κ3) is 3.41. The number of oxime groups is 1. The zero-order valence-corrected chi connectivity index (χ0v) is 12.8. The maximum atomic E-state index is 8.96. The van der Waals surface area contributed by atoms with Crippen LogP contribution in [0.5, 0.6) is 5.88 Å². The number of nitrogens with two attached hydrogens (primary N) is 1. The molecule has 7 nitrogen and oxygen atoms in total. The number of aryl methyl sites for hydroxylation is 1. The number of nitrogens with zero attached hydrogens (tertiary/aromatic N) is 3. The zero-order chi connectivity index (χ0) is 15.6. The molecule has 1 fully saturated rings. The molecule has 7 heteroatoms. The summed E-state index contributed by atoms with van der Waals surface area (Å²) in [6, 6.07) is 0. The highest BCUT2D eigenvalue weighted by atomic mass is 16.5. The molecule has 1 aliphatic rings. The number of hydrogen-bond acceptors (Lipinski definition) is 6. The van der Waals surface area contributed by atoms with Crippen LogP contribution in [0.3, 0.4) is 0 Å². The van der Waals surface area contributed by atoms with Crippen molar-refractivity contribution in [3.8, 4) is 5.88 Å². The van der Waals surface area contributed by atoms with Crippen molar-refractivity contribution in [2.45, 2.75) is 58.8 Å². The Bertz CT molecular complexity index is 537. The maximum Gasteiger partial charge on any atom is 0.245 e. The SMILES string of the molecule is Cc1nnc(OC2CC(C)OC(C)C2)c(C(N)=NO)c1C. The largest absolute Gasteiger partial charge is 0.473 e. The predicted octanol–water partition coefficient (Wildman–Crippen LogP) is 1.52. The van der Waals surface area contributed by atoms with Crippen molar-refractivity contribution in [2.24, 2.45) is 10.9 Å². The molecular formula is C14H22N4O3. The molecule has 0 aliphatic carbocycles. The summed E-state index contributed by atoms with van der Waals surface area (Å²) in [6.45, 7) is 7.70. The lowest BCUT2D eigenvalue weighted by molar-refractivity contribution is -0.0731. The Morgan fingerprint density at radius 3 is 2.48 bits per heavy atom. The maximum absolute atomic E-state index is 8.96. The van der Waals surface area contributed by atoms with Crippen molar-refractivity contribution < 1.29 is 14.7 Å². The van der Waals surface area contributed by atoms with Gasteiger partial charge in [0, 0.05) is 12.8 Å². The molecule has 3 N–H and O–H groups in total. The van der Waals surface area contributed by atoms with Crippen LogP contribution in [-0.2, 0) is 4.74 Å². The van der Waals surface area contributed by atoms with E-state index < -0.39 is 0 Å². The van der Waals surface area contributed by atoms with Gasteiger partial charge in [0.2, 0.25) is 5.88 Å². The third-order valence-corrected chi connectivity index (χ3v) is 3.72. The first-order valence-corrected chi connectivity index (χ1v) is 7.06. The topological polar surface area (TPSA) is 103 Å². The molecule has 0 amide bonds. The van der Waals surface area contributed by atoms with E-state index in [-0.39, 0.29) is 24.1 Å². The van der Waals surface area contributed by atoms with Crippen LogP contribution in [0.15, 0.2) is 5.16 Å². The van der Waals surface area contributed by atoms with Crippen molar-refractivity contribution >= 4 is 5.84 Å². The summed E-state index contributed by atoms with van der Waals surface area (Å²) >= 11 is 0. The van der Waals surface area contributed by atoms with E-state index in [2.05, 4.69) is 15.4 Å². The normalized spacial score (nSPS) is 26.7. The van der Waals surface area contributed by atoms with Crippen LogP contribution in [0.4, 0.5) is 0 Å². The number of aromatic nitrogens is 2. The summed E-state index contributed by atoms with van der Waals surface area (Å²) in [5, 5.41) is 20.2. The van der Waals surface area contributed by atoms with Crippen molar-refractivity contribution in [1.82, 2.24) is 10.2 Å². The number of amidine groups is 1. The second-order valence-corrected chi connectivity index (χ2v) is 5.54. The highest BCUT2D eigenvalue weighted by molar-refractivity contribution is 6.00. The lowest BCUT2D eigenvalue weighted by Crippen LogP contribution is -2.36. The Balaban J connectivity index is 2.29. The summed E-state index contributed by atoms with van der Waals surface area (Å²) < 4.78 is 11.7. The van der Waals surface area contributed by atoms with Crippen molar-refractivity contribution in [2.75, 3.05) is 0 Å². The zero-order valence-electron chi connectivity index (χ0n) is 12.8. The van der Waals surface area contributed by atoms with Gasteiger partial charge in [-0.05, 0) is 33.3 Å². The van der Waals surface area contributed by atoms with Crippen LogP contribution in [0.2, 0.25) is 0 Å². The summed E-state index contributed by atoms with van der Waals surface area (Å²) in [6.07, 6.45) is 1.78. The molecule has 0 aromatic carbocycles. The van der Waals surface area contributed by atoms with E-state index in [9.17, 15) is 0 Å². The van der Waals surface area contributed by atoms with Crippen molar-refractivity contribution in [3.05, 3.63) is 16.8 Å². The number of hydrogen-bond donors (Lipinski definition) is 2. The molecule has 2 atom stereocenters. The Labute approximate surface area is 124 Å². The highest BCUT2D eigenvalue weighted by Gasteiger charge is 2.28. The third-order valence-electron chi connectivity index (χ3n) is 3.72. The fourth-order valence-corrected chi connectivity index (χ4v) is 2.62.